The van der Waals surface area contributed by atoms with Gasteiger partial charge in [0, 0.05) is 73.4 Å². The molecule has 1 fully saturated rings. The molecule has 6 nitrogen and oxygen atoms in total. The highest BCUT2D eigenvalue weighted by atomic mass is 16.2. The quantitative estimate of drug-likeness (QED) is 0.429. The molecule has 1 amide bonds. The maximum atomic E-state index is 12.2. The van der Waals surface area contributed by atoms with E-state index >= 15 is 0 Å². The summed E-state index contributed by atoms with van der Waals surface area (Å²) in [6.45, 7) is 4.36. The van der Waals surface area contributed by atoms with Crippen LogP contribution in [-0.4, -0.2) is 61.0 Å². The van der Waals surface area contributed by atoms with E-state index in [0.29, 0.717) is 11.6 Å². The molecule has 1 aliphatic heterocycles. The summed E-state index contributed by atoms with van der Waals surface area (Å²) < 4.78 is 0. The molecule has 180 valence electrons. The maximum absolute atomic E-state index is 12.2. The number of H-pyrrole nitrogens is 1. The van der Waals surface area contributed by atoms with Gasteiger partial charge in [-0.1, -0.05) is 18.2 Å². The first kappa shape index (κ1) is 23.1. The average molecular weight is 468 g/mol. The number of aromatic amines is 1. The Morgan fingerprint density at radius 2 is 1.86 bits per heavy atom. The van der Waals surface area contributed by atoms with E-state index in [0.717, 1.165) is 40.8 Å². The van der Waals surface area contributed by atoms with Gasteiger partial charge in [-0.05, 0) is 73.8 Å². The van der Waals surface area contributed by atoms with Crippen LogP contribution >= 0.6 is 0 Å². The van der Waals surface area contributed by atoms with Crippen LogP contribution in [0.25, 0.3) is 33.3 Å². The van der Waals surface area contributed by atoms with Crippen LogP contribution in [0.1, 0.15) is 28.8 Å². The van der Waals surface area contributed by atoms with Crippen molar-refractivity contribution in [3.8, 4) is 22.3 Å². The van der Waals surface area contributed by atoms with E-state index in [1.165, 1.54) is 29.7 Å². The van der Waals surface area contributed by atoms with Crippen LogP contribution in [0, 0.1) is 6.92 Å². The molecule has 2 aromatic carbocycles. The van der Waals surface area contributed by atoms with Crippen molar-refractivity contribution in [2.75, 3.05) is 39.1 Å². The zero-order chi connectivity index (χ0) is 24.5. The van der Waals surface area contributed by atoms with Crippen molar-refractivity contribution in [3.05, 3.63) is 72.1 Å². The number of aryl methyl sites for hydroxylation is 1. The van der Waals surface area contributed by atoms with Crippen LogP contribution in [0.4, 0.5) is 5.69 Å². The van der Waals surface area contributed by atoms with Crippen LogP contribution in [0.2, 0.25) is 0 Å². The Balaban J connectivity index is 1.45. The van der Waals surface area contributed by atoms with Crippen LogP contribution in [-0.2, 0) is 0 Å². The normalized spacial score (nSPS) is 16.0. The fourth-order valence-electron chi connectivity index (χ4n) is 5.07. The Labute approximate surface area is 207 Å². The number of anilines is 1. The third-order valence-electron chi connectivity index (χ3n) is 7.08. The zero-order valence-electron chi connectivity index (χ0n) is 20.9. The Bertz CT molecular complexity index is 1360. The number of fused-ring (bicyclic) bond motifs is 1. The molecule has 0 spiro atoms. The van der Waals surface area contributed by atoms with Crippen molar-refractivity contribution in [2.24, 2.45) is 0 Å². The summed E-state index contributed by atoms with van der Waals surface area (Å²) in [6.07, 6.45) is 6.39. The molecule has 0 bridgehead atoms. The lowest BCUT2D eigenvalue weighted by Crippen LogP contribution is -2.44. The number of hydrogen-bond acceptors (Lipinski definition) is 4. The van der Waals surface area contributed by atoms with Gasteiger partial charge in [-0.15, -0.1) is 0 Å². The van der Waals surface area contributed by atoms with Crippen molar-refractivity contribution < 1.29 is 4.79 Å². The fraction of sp³-hybridized carbons (Fsp3) is 0.310. The SMILES string of the molecule is CN[C@@H]1CCCN(c2ccc(-c3cnc4[nH]cc(-c5ccc(C(=O)N(C)C)cc5)c4c3)cc2C)C1. The molecule has 3 heterocycles. The maximum Gasteiger partial charge on any atom is 0.253 e. The number of amides is 1. The van der Waals surface area contributed by atoms with E-state index in [4.69, 9.17) is 4.98 Å². The molecule has 0 radical (unpaired) electrons. The molecule has 1 atom stereocenters. The number of pyridine rings is 1. The molecule has 4 aromatic rings. The largest absolute Gasteiger partial charge is 0.370 e. The molecule has 1 aliphatic rings. The van der Waals surface area contributed by atoms with Crippen molar-refractivity contribution in [2.45, 2.75) is 25.8 Å². The molecule has 0 saturated carbocycles. The van der Waals surface area contributed by atoms with Gasteiger partial charge in [0.1, 0.15) is 5.65 Å². The van der Waals surface area contributed by atoms with Gasteiger partial charge in [-0.3, -0.25) is 4.79 Å². The summed E-state index contributed by atoms with van der Waals surface area (Å²) in [5.41, 5.74) is 8.55. The Morgan fingerprint density at radius 3 is 2.57 bits per heavy atom. The van der Waals surface area contributed by atoms with E-state index < -0.39 is 0 Å². The van der Waals surface area contributed by atoms with Gasteiger partial charge in [0.05, 0.1) is 0 Å². The third-order valence-corrected chi connectivity index (χ3v) is 7.08. The van der Waals surface area contributed by atoms with E-state index in [1.54, 1.807) is 19.0 Å². The number of benzene rings is 2. The van der Waals surface area contributed by atoms with E-state index in [9.17, 15) is 4.79 Å². The second kappa shape index (κ2) is 9.55. The first-order valence-electron chi connectivity index (χ1n) is 12.3. The van der Waals surface area contributed by atoms with Crippen LogP contribution < -0.4 is 10.2 Å². The van der Waals surface area contributed by atoms with Gasteiger partial charge in [-0.2, -0.15) is 0 Å². The van der Waals surface area contributed by atoms with Crippen LogP contribution in [0.5, 0.6) is 0 Å². The second-order valence-electron chi connectivity index (χ2n) is 9.67. The fourth-order valence-corrected chi connectivity index (χ4v) is 5.07. The highest BCUT2D eigenvalue weighted by Gasteiger charge is 2.20. The molecule has 35 heavy (non-hydrogen) atoms. The van der Waals surface area contributed by atoms with E-state index in [-0.39, 0.29) is 5.91 Å². The lowest BCUT2D eigenvalue weighted by molar-refractivity contribution is 0.0827. The van der Waals surface area contributed by atoms with Gasteiger partial charge >= 0.3 is 0 Å². The number of nitrogens with zero attached hydrogens (tertiary/aromatic N) is 3. The number of rotatable bonds is 5. The number of piperidine rings is 1. The first-order chi connectivity index (χ1) is 16.9. The van der Waals surface area contributed by atoms with Gasteiger partial charge in [0.25, 0.3) is 5.91 Å². The van der Waals surface area contributed by atoms with Crippen molar-refractivity contribution in [1.82, 2.24) is 20.2 Å². The number of carbonyl (C=O) groups is 1. The van der Waals surface area contributed by atoms with E-state index in [1.807, 2.05) is 36.7 Å². The smallest absolute Gasteiger partial charge is 0.253 e. The van der Waals surface area contributed by atoms with Gasteiger partial charge in [0.15, 0.2) is 0 Å². The molecule has 2 aromatic heterocycles. The van der Waals surface area contributed by atoms with Crippen molar-refractivity contribution in [3.63, 3.8) is 0 Å². The minimum absolute atomic E-state index is 0.00396. The van der Waals surface area contributed by atoms with Gasteiger partial charge in [0.2, 0.25) is 0 Å². The number of likely N-dealkylation sites (N-methyl/N-ethyl adjacent to an activating group) is 1. The van der Waals surface area contributed by atoms with Crippen molar-refractivity contribution in [1.29, 1.82) is 0 Å². The third kappa shape index (κ3) is 4.54. The summed E-state index contributed by atoms with van der Waals surface area (Å²) >= 11 is 0. The molecule has 1 saturated heterocycles. The lowest BCUT2D eigenvalue weighted by atomic mass is 9.98. The van der Waals surface area contributed by atoms with E-state index in [2.05, 4.69) is 53.4 Å². The highest BCUT2D eigenvalue weighted by Crippen LogP contribution is 2.33. The molecular formula is C29H33N5O. The summed E-state index contributed by atoms with van der Waals surface area (Å²) in [5.74, 6) is 0.00396. The highest BCUT2D eigenvalue weighted by molar-refractivity contribution is 5.98. The minimum atomic E-state index is 0.00396. The molecule has 0 unspecified atom stereocenters. The number of nitrogens with one attached hydrogen (secondary N) is 2. The van der Waals surface area contributed by atoms with Crippen molar-refractivity contribution >= 4 is 22.6 Å². The average Bonchev–Trinajstić information content (AvgIpc) is 3.31. The number of carbonyl (C=O) groups excluding carboxylic acids is 1. The lowest BCUT2D eigenvalue weighted by Gasteiger charge is -2.35. The predicted octanol–water partition coefficient (Wildman–Crippen LogP) is 5.10. The monoisotopic (exact) mass is 467 g/mol. The topological polar surface area (TPSA) is 64.3 Å². The minimum Gasteiger partial charge on any atom is -0.370 e. The van der Waals surface area contributed by atoms with Crippen LogP contribution in [0.15, 0.2) is 60.9 Å². The summed E-state index contributed by atoms with van der Waals surface area (Å²) in [5, 5.41) is 4.51. The molecule has 6 heteroatoms. The molecule has 2 N–H and O–H groups in total. The second-order valence-corrected chi connectivity index (χ2v) is 9.67. The first-order valence-corrected chi connectivity index (χ1v) is 12.3. The van der Waals surface area contributed by atoms with Gasteiger partial charge < -0.3 is 20.1 Å². The summed E-state index contributed by atoms with van der Waals surface area (Å²) in [4.78, 5) is 24.3. The predicted molar refractivity (Wildman–Crippen MR) is 144 cm³/mol. The zero-order valence-corrected chi connectivity index (χ0v) is 20.9. The Morgan fingerprint density at radius 1 is 1.09 bits per heavy atom. The standard InChI is InChI=1S/C29H33N5O/c1-19-14-22(11-12-27(19)34-13-5-6-24(18-34)30-2)23-15-25-26(17-32-28(25)31-16-23)20-7-9-21(10-8-20)29(35)33(3)4/h7-12,14-17,24,30H,5-6,13,18H2,1-4H3,(H,31,32)/t24-/m1/s1. The molecule has 0 aliphatic carbocycles. The van der Waals surface area contributed by atoms with Crippen LogP contribution in [0.3, 0.4) is 0 Å². The van der Waals surface area contributed by atoms with Gasteiger partial charge in [-0.25, -0.2) is 4.98 Å². The molecular weight excluding hydrogens is 434 g/mol. The molecule has 5 rings (SSSR count). The Kier molecular flexibility index (Phi) is 6.31. The Hall–Kier alpha value is -3.64. The summed E-state index contributed by atoms with van der Waals surface area (Å²) in [6, 6.07) is 17.3. The number of aromatic nitrogens is 2. The number of hydrogen-bond donors (Lipinski definition) is 2. The summed E-state index contributed by atoms with van der Waals surface area (Å²) in [7, 11) is 5.59.